The van der Waals surface area contributed by atoms with Crippen molar-refractivity contribution in [1.82, 2.24) is 5.32 Å². The Hall–Kier alpha value is -2.43. The Balaban J connectivity index is 2.53. The van der Waals surface area contributed by atoms with Crippen molar-refractivity contribution in [2.24, 2.45) is 0 Å². The molecule has 0 aliphatic carbocycles. The van der Waals surface area contributed by atoms with E-state index in [1.54, 1.807) is 31.2 Å². The number of rotatable bonds is 8. The van der Waals surface area contributed by atoms with E-state index in [2.05, 4.69) is 17.6 Å². The molecule has 124 valence electrons. The van der Waals surface area contributed by atoms with Crippen LogP contribution in [0.15, 0.2) is 35.9 Å². The molecule has 1 aromatic rings. The topological polar surface area (TPSA) is 75.3 Å². The van der Waals surface area contributed by atoms with Crippen molar-refractivity contribution in [3.63, 3.8) is 0 Å². The zero-order chi connectivity index (χ0) is 17.2. The third-order valence-corrected chi connectivity index (χ3v) is 3.33. The van der Waals surface area contributed by atoms with Crippen LogP contribution in [0.1, 0.15) is 50.4 Å². The van der Waals surface area contributed by atoms with Gasteiger partial charge in [-0.05, 0) is 44.5 Å². The molecular formula is C18H24N2O3. The number of nitrogens with one attached hydrogen (secondary N) is 2. The average molecular weight is 316 g/mol. The number of carbonyl (C=O) groups excluding carboxylic acids is 3. The number of Topliss-reactive ketones (excluding diaryl/α,β-unsaturated/α-hetero) is 1. The molecule has 0 aromatic heterocycles. The number of hydrogen-bond donors (Lipinski definition) is 2. The van der Waals surface area contributed by atoms with Crippen molar-refractivity contribution in [3.05, 3.63) is 41.5 Å². The molecule has 0 atom stereocenters. The van der Waals surface area contributed by atoms with Crippen molar-refractivity contribution >= 4 is 23.3 Å². The molecule has 0 radical (unpaired) electrons. The van der Waals surface area contributed by atoms with Gasteiger partial charge < -0.3 is 10.6 Å². The highest BCUT2D eigenvalue weighted by atomic mass is 16.2. The van der Waals surface area contributed by atoms with Crippen LogP contribution in [0.4, 0.5) is 5.69 Å². The van der Waals surface area contributed by atoms with Gasteiger partial charge in [0, 0.05) is 29.4 Å². The number of amides is 2. The van der Waals surface area contributed by atoms with Crippen LogP contribution in [0.3, 0.4) is 0 Å². The van der Waals surface area contributed by atoms with Crippen LogP contribution in [-0.4, -0.2) is 24.1 Å². The number of ketones is 1. The fraction of sp³-hybridized carbons (Fsp3) is 0.389. The molecular weight excluding hydrogens is 292 g/mol. The Bertz CT molecular complexity index is 589. The highest BCUT2D eigenvalue weighted by Gasteiger charge is 2.07. The van der Waals surface area contributed by atoms with Gasteiger partial charge in [-0.2, -0.15) is 0 Å². The van der Waals surface area contributed by atoms with Crippen molar-refractivity contribution in [3.8, 4) is 0 Å². The van der Waals surface area contributed by atoms with Crippen LogP contribution in [0, 0.1) is 0 Å². The van der Waals surface area contributed by atoms with E-state index in [1.165, 1.54) is 13.0 Å². The van der Waals surface area contributed by atoms with Gasteiger partial charge in [-0.15, -0.1) is 0 Å². The summed E-state index contributed by atoms with van der Waals surface area (Å²) < 4.78 is 0. The zero-order valence-electron chi connectivity index (χ0n) is 13.9. The molecule has 1 aromatic carbocycles. The summed E-state index contributed by atoms with van der Waals surface area (Å²) in [7, 11) is 0. The highest BCUT2D eigenvalue weighted by Crippen LogP contribution is 2.10. The zero-order valence-corrected chi connectivity index (χ0v) is 13.9. The van der Waals surface area contributed by atoms with E-state index in [9.17, 15) is 14.4 Å². The normalized spacial score (nSPS) is 11.0. The van der Waals surface area contributed by atoms with E-state index < -0.39 is 0 Å². The van der Waals surface area contributed by atoms with Crippen LogP contribution in [0.25, 0.3) is 0 Å². The summed E-state index contributed by atoms with van der Waals surface area (Å²) in [6, 6.07) is 6.61. The van der Waals surface area contributed by atoms with Gasteiger partial charge in [0.2, 0.25) is 11.8 Å². The Labute approximate surface area is 137 Å². The molecule has 0 bridgehead atoms. The van der Waals surface area contributed by atoms with E-state index in [-0.39, 0.29) is 17.6 Å². The smallest absolute Gasteiger partial charge is 0.248 e. The Morgan fingerprint density at radius 1 is 1.04 bits per heavy atom. The summed E-state index contributed by atoms with van der Waals surface area (Å²) in [6.45, 7) is 5.80. The molecule has 0 aliphatic heterocycles. The first-order valence-corrected chi connectivity index (χ1v) is 7.82. The van der Waals surface area contributed by atoms with Crippen molar-refractivity contribution < 1.29 is 14.4 Å². The second-order valence-electron chi connectivity index (χ2n) is 5.41. The van der Waals surface area contributed by atoms with E-state index in [4.69, 9.17) is 0 Å². The lowest BCUT2D eigenvalue weighted by Crippen LogP contribution is -2.26. The first-order valence-electron chi connectivity index (χ1n) is 7.82. The average Bonchev–Trinajstić information content (AvgIpc) is 2.51. The summed E-state index contributed by atoms with van der Waals surface area (Å²) in [6.07, 6.45) is 4.37. The summed E-state index contributed by atoms with van der Waals surface area (Å²) in [5.74, 6) is -0.636. The number of unbranched alkanes of at least 4 members (excludes halogenated alkanes) is 2. The summed E-state index contributed by atoms with van der Waals surface area (Å²) >= 11 is 0. The minimum atomic E-state index is -0.373. The third kappa shape index (κ3) is 6.91. The lowest BCUT2D eigenvalue weighted by Gasteiger charge is -2.06. The lowest BCUT2D eigenvalue weighted by molar-refractivity contribution is -0.118. The first kappa shape index (κ1) is 18.6. The molecule has 1 rings (SSSR count). The molecule has 0 fully saturated rings. The van der Waals surface area contributed by atoms with Gasteiger partial charge >= 0.3 is 0 Å². The predicted octanol–water partition coefficient (Wildman–Crippen LogP) is 3.08. The molecule has 0 heterocycles. The first-order chi connectivity index (χ1) is 10.9. The molecule has 0 saturated heterocycles. The van der Waals surface area contributed by atoms with Gasteiger partial charge in [0.25, 0.3) is 0 Å². The van der Waals surface area contributed by atoms with Crippen LogP contribution in [-0.2, 0) is 9.59 Å². The predicted molar refractivity (Wildman–Crippen MR) is 91.4 cm³/mol. The summed E-state index contributed by atoms with van der Waals surface area (Å²) in [4.78, 5) is 34.9. The molecule has 5 nitrogen and oxygen atoms in total. The van der Waals surface area contributed by atoms with Gasteiger partial charge in [-0.3, -0.25) is 14.4 Å². The molecule has 23 heavy (non-hydrogen) atoms. The van der Waals surface area contributed by atoms with Gasteiger partial charge in [0.05, 0.1) is 0 Å². The highest BCUT2D eigenvalue weighted by molar-refractivity contribution is 6.06. The largest absolute Gasteiger partial charge is 0.352 e. The molecule has 0 saturated carbocycles. The molecule has 0 aliphatic rings. The van der Waals surface area contributed by atoms with Gasteiger partial charge in [0.1, 0.15) is 0 Å². The van der Waals surface area contributed by atoms with Crippen LogP contribution in [0.5, 0.6) is 0 Å². The molecule has 2 N–H and O–H groups in total. The Kier molecular flexibility index (Phi) is 7.74. The standard InChI is InChI=1S/C18H24N2O3/c1-4-5-6-11-19-18(23)13(2)12-17(22)20-16-9-7-15(8-10-16)14(3)21/h7-10,12H,4-6,11H2,1-3H3,(H,19,23)(H,20,22)/b13-12+. The fourth-order valence-electron chi connectivity index (χ4n) is 1.95. The third-order valence-electron chi connectivity index (χ3n) is 3.33. The maximum atomic E-state index is 11.9. The number of carbonyl (C=O) groups is 3. The van der Waals surface area contributed by atoms with Crippen molar-refractivity contribution in [2.45, 2.75) is 40.0 Å². The SMILES string of the molecule is CCCCCNC(=O)/C(C)=C/C(=O)Nc1ccc(C(C)=O)cc1. The fourth-order valence-corrected chi connectivity index (χ4v) is 1.95. The van der Waals surface area contributed by atoms with Crippen molar-refractivity contribution in [1.29, 1.82) is 0 Å². The number of benzene rings is 1. The van der Waals surface area contributed by atoms with Crippen LogP contribution >= 0.6 is 0 Å². The van der Waals surface area contributed by atoms with Gasteiger partial charge in [0.15, 0.2) is 5.78 Å². The molecule has 2 amide bonds. The van der Waals surface area contributed by atoms with Crippen molar-refractivity contribution in [2.75, 3.05) is 11.9 Å². The van der Waals surface area contributed by atoms with E-state index in [1.807, 2.05) is 0 Å². The number of hydrogen-bond acceptors (Lipinski definition) is 3. The minimum Gasteiger partial charge on any atom is -0.352 e. The van der Waals surface area contributed by atoms with E-state index in [0.717, 1.165) is 19.3 Å². The molecule has 0 spiro atoms. The maximum Gasteiger partial charge on any atom is 0.248 e. The minimum absolute atomic E-state index is 0.0293. The second-order valence-corrected chi connectivity index (χ2v) is 5.41. The van der Waals surface area contributed by atoms with E-state index in [0.29, 0.717) is 23.4 Å². The van der Waals surface area contributed by atoms with Crippen LogP contribution in [0.2, 0.25) is 0 Å². The van der Waals surface area contributed by atoms with Gasteiger partial charge in [-0.1, -0.05) is 19.8 Å². The summed E-state index contributed by atoms with van der Waals surface area (Å²) in [5, 5.41) is 5.45. The van der Waals surface area contributed by atoms with Crippen LogP contribution < -0.4 is 10.6 Å². The lowest BCUT2D eigenvalue weighted by atomic mass is 10.1. The maximum absolute atomic E-state index is 11.9. The quantitative estimate of drug-likeness (QED) is 0.439. The monoisotopic (exact) mass is 316 g/mol. The van der Waals surface area contributed by atoms with E-state index >= 15 is 0 Å². The number of anilines is 1. The molecule has 0 unspecified atom stereocenters. The Morgan fingerprint density at radius 3 is 2.26 bits per heavy atom. The molecule has 5 heteroatoms. The summed E-state index contributed by atoms with van der Waals surface area (Å²) in [5.41, 5.74) is 1.52. The second kappa shape index (κ2) is 9.56. The Morgan fingerprint density at radius 2 is 1.70 bits per heavy atom. The van der Waals surface area contributed by atoms with Gasteiger partial charge in [-0.25, -0.2) is 0 Å².